The summed E-state index contributed by atoms with van der Waals surface area (Å²) in [5, 5.41) is 0. The molecule has 0 amide bonds. The number of esters is 1. The molecule has 3 fully saturated rings. The van der Waals surface area contributed by atoms with Crippen LogP contribution in [0.4, 0.5) is 0 Å². The standard InChI is InChI=1S/C17H21NO2/c1-10(11-6-4-3-5-7-11)18-15-9-14(12-8-13(12)15)16(18)17(19)20-2/h3-7,10,12-16H,8-9H2,1-2H3/t10-,12-,13+,14-,15+,16?/m1/s1. The molecule has 1 heterocycles. The van der Waals surface area contributed by atoms with Gasteiger partial charge >= 0.3 is 5.97 Å². The van der Waals surface area contributed by atoms with E-state index in [4.69, 9.17) is 4.74 Å². The number of methoxy groups -OCH3 is 1. The predicted molar refractivity (Wildman–Crippen MR) is 76.0 cm³/mol. The van der Waals surface area contributed by atoms with E-state index in [0.29, 0.717) is 12.0 Å². The van der Waals surface area contributed by atoms with Gasteiger partial charge in [0.15, 0.2) is 0 Å². The first kappa shape index (κ1) is 12.4. The van der Waals surface area contributed by atoms with Crippen LogP contribution in [0.2, 0.25) is 0 Å². The zero-order valence-electron chi connectivity index (χ0n) is 12.0. The molecule has 4 rings (SSSR count). The molecule has 106 valence electrons. The van der Waals surface area contributed by atoms with Crippen LogP contribution in [0.5, 0.6) is 0 Å². The molecule has 2 aliphatic carbocycles. The maximum atomic E-state index is 12.3. The number of rotatable bonds is 3. The number of benzene rings is 1. The van der Waals surface area contributed by atoms with Gasteiger partial charge in [0.25, 0.3) is 0 Å². The zero-order valence-corrected chi connectivity index (χ0v) is 12.0. The summed E-state index contributed by atoms with van der Waals surface area (Å²) in [6.07, 6.45) is 2.51. The Labute approximate surface area is 119 Å². The van der Waals surface area contributed by atoms with Crippen molar-refractivity contribution in [1.29, 1.82) is 0 Å². The molecule has 1 aromatic rings. The van der Waals surface area contributed by atoms with E-state index < -0.39 is 0 Å². The Morgan fingerprint density at radius 2 is 1.95 bits per heavy atom. The number of nitrogens with zero attached hydrogens (tertiary/aromatic N) is 1. The lowest BCUT2D eigenvalue weighted by Gasteiger charge is -2.38. The first-order chi connectivity index (χ1) is 9.72. The highest BCUT2D eigenvalue weighted by Gasteiger charge is 2.67. The SMILES string of the molecule is COC(=O)C1[C@@H]2C[C@@H]([C@H]3C[C@H]32)N1[C@H](C)c1ccccc1. The molecule has 2 bridgehead atoms. The molecule has 3 heteroatoms. The highest BCUT2D eigenvalue weighted by atomic mass is 16.5. The molecule has 1 unspecified atom stereocenters. The molecule has 20 heavy (non-hydrogen) atoms. The second kappa shape index (κ2) is 4.32. The summed E-state index contributed by atoms with van der Waals surface area (Å²) >= 11 is 0. The number of carbonyl (C=O) groups is 1. The van der Waals surface area contributed by atoms with Crippen molar-refractivity contribution < 1.29 is 9.53 Å². The maximum absolute atomic E-state index is 12.3. The Balaban J connectivity index is 1.67. The minimum atomic E-state index is -0.0365. The van der Waals surface area contributed by atoms with Gasteiger partial charge in [-0.2, -0.15) is 0 Å². The quantitative estimate of drug-likeness (QED) is 0.792. The van der Waals surface area contributed by atoms with E-state index >= 15 is 0 Å². The van der Waals surface area contributed by atoms with Gasteiger partial charge in [0.2, 0.25) is 0 Å². The fourth-order valence-corrected chi connectivity index (χ4v) is 4.78. The molecular formula is C17H21NO2. The Bertz CT molecular complexity index is 529. The predicted octanol–water partition coefficient (Wildman–Crippen LogP) is 2.63. The summed E-state index contributed by atoms with van der Waals surface area (Å²) in [4.78, 5) is 14.7. The number of hydrogen-bond acceptors (Lipinski definition) is 3. The molecule has 1 aromatic carbocycles. The van der Waals surface area contributed by atoms with E-state index in [1.807, 2.05) is 6.07 Å². The van der Waals surface area contributed by atoms with E-state index in [1.165, 1.54) is 25.5 Å². The normalized spacial score (nSPS) is 39.4. The molecule has 1 aliphatic heterocycles. The molecule has 0 N–H and O–H groups in total. The number of likely N-dealkylation sites (tertiary alicyclic amines) is 1. The Morgan fingerprint density at radius 3 is 2.65 bits per heavy atom. The van der Waals surface area contributed by atoms with Crippen LogP contribution in [0.3, 0.4) is 0 Å². The van der Waals surface area contributed by atoms with Crippen molar-refractivity contribution in [2.24, 2.45) is 17.8 Å². The topological polar surface area (TPSA) is 29.5 Å². The van der Waals surface area contributed by atoms with E-state index in [9.17, 15) is 4.79 Å². The van der Waals surface area contributed by atoms with Crippen molar-refractivity contribution in [3.05, 3.63) is 35.9 Å². The van der Waals surface area contributed by atoms with E-state index in [2.05, 4.69) is 36.1 Å². The molecule has 3 nitrogen and oxygen atoms in total. The molecule has 0 spiro atoms. The van der Waals surface area contributed by atoms with Crippen LogP contribution < -0.4 is 0 Å². The number of carbonyl (C=O) groups excluding carboxylic acids is 1. The van der Waals surface area contributed by atoms with Crippen LogP contribution in [-0.2, 0) is 9.53 Å². The number of fused-ring (bicyclic) bond motifs is 5. The molecule has 2 saturated carbocycles. The van der Waals surface area contributed by atoms with Crippen molar-refractivity contribution in [2.45, 2.75) is 37.9 Å². The van der Waals surface area contributed by atoms with Crippen molar-refractivity contribution in [2.75, 3.05) is 7.11 Å². The van der Waals surface area contributed by atoms with Gasteiger partial charge in [-0.3, -0.25) is 9.69 Å². The summed E-state index contributed by atoms with van der Waals surface area (Å²) in [6, 6.07) is 11.4. The number of hydrogen-bond donors (Lipinski definition) is 0. The smallest absolute Gasteiger partial charge is 0.323 e. The average molecular weight is 271 g/mol. The minimum absolute atomic E-state index is 0.0241. The second-order valence-corrected chi connectivity index (χ2v) is 6.53. The second-order valence-electron chi connectivity index (χ2n) is 6.53. The molecule has 3 aliphatic rings. The van der Waals surface area contributed by atoms with Crippen LogP contribution >= 0.6 is 0 Å². The van der Waals surface area contributed by atoms with Crippen molar-refractivity contribution in [3.63, 3.8) is 0 Å². The highest BCUT2D eigenvalue weighted by Crippen LogP contribution is 2.64. The lowest BCUT2D eigenvalue weighted by Crippen LogP contribution is -2.48. The lowest BCUT2D eigenvalue weighted by molar-refractivity contribution is -0.150. The molecule has 0 radical (unpaired) electrons. The highest BCUT2D eigenvalue weighted by molar-refractivity contribution is 5.77. The molecule has 0 aromatic heterocycles. The van der Waals surface area contributed by atoms with Crippen LogP contribution in [0.25, 0.3) is 0 Å². The summed E-state index contributed by atoms with van der Waals surface area (Å²) in [6.45, 7) is 2.23. The monoisotopic (exact) mass is 271 g/mol. The van der Waals surface area contributed by atoms with Crippen LogP contribution in [0, 0.1) is 17.8 Å². The van der Waals surface area contributed by atoms with Gasteiger partial charge in [-0.25, -0.2) is 0 Å². The molecule has 6 atom stereocenters. The first-order valence-corrected chi connectivity index (χ1v) is 7.62. The lowest BCUT2D eigenvalue weighted by atomic mass is 9.94. The fourth-order valence-electron chi connectivity index (χ4n) is 4.78. The summed E-state index contributed by atoms with van der Waals surface area (Å²) in [7, 11) is 1.52. The summed E-state index contributed by atoms with van der Waals surface area (Å²) < 4.78 is 5.09. The van der Waals surface area contributed by atoms with Crippen molar-refractivity contribution >= 4 is 5.97 Å². The maximum Gasteiger partial charge on any atom is 0.323 e. The van der Waals surface area contributed by atoms with Gasteiger partial charge in [0, 0.05) is 12.1 Å². The summed E-state index contributed by atoms with van der Waals surface area (Å²) in [5.41, 5.74) is 1.30. The van der Waals surface area contributed by atoms with Gasteiger partial charge in [-0.05, 0) is 43.1 Å². The Hall–Kier alpha value is -1.35. The van der Waals surface area contributed by atoms with Gasteiger partial charge in [0.05, 0.1) is 7.11 Å². The third-order valence-corrected chi connectivity index (χ3v) is 5.73. The van der Waals surface area contributed by atoms with Gasteiger partial charge in [0.1, 0.15) is 6.04 Å². The van der Waals surface area contributed by atoms with Gasteiger partial charge < -0.3 is 4.74 Å². The summed E-state index contributed by atoms with van der Waals surface area (Å²) in [5.74, 6) is 2.13. The third-order valence-electron chi connectivity index (χ3n) is 5.73. The van der Waals surface area contributed by atoms with Gasteiger partial charge in [-0.1, -0.05) is 30.3 Å². The van der Waals surface area contributed by atoms with Gasteiger partial charge in [-0.15, -0.1) is 0 Å². The van der Waals surface area contributed by atoms with E-state index in [1.54, 1.807) is 0 Å². The van der Waals surface area contributed by atoms with Crippen LogP contribution in [-0.4, -0.2) is 30.1 Å². The molecular weight excluding hydrogens is 250 g/mol. The van der Waals surface area contributed by atoms with Crippen molar-refractivity contribution in [1.82, 2.24) is 4.90 Å². The fraction of sp³-hybridized carbons (Fsp3) is 0.588. The first-order valence-electron chi connectivity index (χ1n) is 7.62. The average Bonchev–Trinajstić information content (AvgIpc) is 3.12. The van der Waals surface area contributed by atoms with Crippen LogP contribution in [0.15, 0.2) is 30.3 Å². The molecule has 1 saturated heterocycles. The van der Waals surface area contributed by atoms with Crippen molar-refractivity contribution in [3.8, 4) is 0 Å². The Kier molecular flexibility index (Phi) is 2.68. The zero-order chi connectivity index (χ0) is 13.9. The number of ether oxygens (including phenoxy) is 1. The minimum Gasteiger partial charge on any atom is -0.468 e. The van der Waals surface area contributed by atoms with E-state index in [-0.39, 0.29) is 18.1 Å². The Morgan fingerprint density at radius 1 is 1.20 bits per heavy atom. The van der Waals surface area contributed by atoms with E-state index in [0.717, 1.165) is 11.8 Å². The van der Waals surface area contributed by atoms with Crippen LogP contribution in [0.1, 0.15) is 31.4 Å². The number of piperidine rings is 1. The largest absolute Gasteiger partial charge is 0.468 e. The third kappa shape index (κ3) is 1.59.